The average Bonchev–Trinajstić information content (AvgIpc) is 2.86. The SMILES string of the molecule is COC(=O)/C=C1/S/C(=N\N=Cc2cc(C)ccc2C(F)(F)F)NC1=O. The Morgan fingerprint density at radius 1 is 1.36 bits per heavy atom. The normalized spacial score (nSPS) is 18.2. The molecule has 1 fully saturated rings. The van der Waals surface area contributed by atoms with Gasteiger partial charge in [0.1, 0.15) is 0 Å². The van der Waals surface area contributed by atoms with Crippen LogP contribution in [0.3, 0.4) is 0 Å². The van der Waals surface area contributed by atoms with Gasteiger partial charge in [-0.1, -0.05) is 11.6 Å². The van der Waals surface area contributed by atoms with Crippen molar-refractivity contribution in [2.45, 2.75) is 13.1 Å². The highest BCUT2D eigenvalue weighted by atomic mass is 32.2. The van der Waals surface area contributed by atoms with Gasteiger partial charge in [-0.3, -0.25) is 10.1 Å². The molecule has 0 aliphatic carbocycles. The van der Waals surface area contributed by atoms with Crippen molar-refractivity contribution in [2.75, 3.05) is 7.11 Å². The fourth-order valence-corrected chi connectivity index (χ4v) is 2.57. The van der Waals surface area contributed by atoms with E-state index in [1.807, 2.05) is 0 Å². The standard InChI is InChI=1S/C15H12F3N3O3S/c1-8-3-4-10(15(16,17)18)9(5-8)7-19-21-14-20-13(23)11(25-14)6-12(22)24-2/h3-7H,1-2H3,(H,20,21,23)/b11-6+,19-7?. The second kappa shape index (κ2) is 7.51. The van der Waals surface area contributed by atoms with Crippen LogP contribution in [0.5, 0.6) is 0 Å². The molecule has 0 unspecified atom stereocenters. The van der Waals surface area contributed by atoms with E-state index in [1.165, 1.54) is 12.1 Å². The number of alkyl halides is 3. The molecule has 1 aromatic rings. The summed E-state index contributed by atoms with van der Waals surface area (Å²) in [6.45, 7) is 1.65. The lowest BCUT2D eigenvalue weighted by Crippen LogP contribution is -2.19. The van der Waals surface area contributed by atoms with Gasteiger partial charge in [0, 0.05) is 11.6 Å². The van der Waals surface area contributed by atoms with Crippen LogP contribution in [0.25, 0.3) is 0 Å². The molecule has 0 spiro atoms. The second-order valence-corrected chi connectivity index (χ2v) is 5.86. The van der Waals surface area contributed by atoms with E-state index < -0.39 is 23.6 Å². The van der Waals surface area contributed by atoms with E-state index in [2.05, 4.69) is 20.3 Å². The van der Waals surface area contributed by atoms with Gasteiger partial charge in [-0.05, 0) is 30.8 Å². The molecule has 1 heterocycles. The number of benzene rings is 1. The molecule has 2 rings (SSSR count). The largest absolute Gasteiger partial charge is 0.466 e. The molecule has 25 heavy (non-hydrogen) atoms. The van der Waals surface area contributed by atoms with Crippen molar-refractivity contribution >= 4 is 35.0 Å². The number of thioether (sulfide) groups is 1. The smallest absolute Gasteiger partial charge is 0.417 e. The molecule has 1 aromatic carbocycles. The van der Waals surface area contributed by atoms with E-state index in [9.17, 15) is 22.8 Å². The van der Waals surface area contributed by atoms with Crippen molar-refractivity contribution in [3.63, 3.8) is 0 Å². The predicted molar refractivity (Wildman–Crippen MR) is 87.0 cm³/mol. The molecule has 1 amide bonds. The number of ether oxygens (including phenoxy) is 1. The molecule has 1 aliphatic heterocycles. The summed E-state index contributed by atoms with van der Waals surface area (Å²) in [5.74, 6) is -1.28. The summed E-state index contributed by atoms with van der Waals surface area (Å²) in [4.78, 5) is 22.8. The van der Waals surface area contributed by atoms with Gasteiger partial charge in [-0.2, -0.15) is 18.3 Å². The lowest BCUT2D eigenvalue weighted by Gasteiger charge is -2.10. The topological polar surface area (TPSA) is 80.1 Å². The Labute approximate surface area is 144 Å². The van der Waals surface area contributed by atoms with Crippen molar-refractivity contribution in [3.8, 4) is 0 Å². The third kappa shape index (κ3) is 4.92. The summed E-state index contributed by atoms with van der Waals surface area (Å²) in [7, 11) is 1.16. The number of amides is 1. The van der Waals surface area contributed by atoms with E-state index >= 15 is 0 Å². The number of amidine groups is 1. The Morgan fingerprint density at radius 2 is 2.08 bits per heavy atom. The molecule has 0 atom stereocenters. The quantitative estimate of drug-likeness (QED) is 0.383. The number of methoxy groups -OCH3 is 1. The van der Waals surface area contributed by atoms with Crippen LogP contribution in [-0.4, -0.2) is 30.4 Å². The first kappa shape index (κ1) is 18.7. The zero-order chi connectivity index (χ0) is 18.6. The molecule has 6 nitrogen and oxygen atoms in total. The minimum absolute atomic E-state index is 0.0395. The molecule has 1 N–H and O–H groups in total. The molecule has 1 aliphatic rings. The number of hydrogen-bond donors (Lipinski definition) is 1. The number of nitrogens with one attached hydrogen (secondary N) is 1. The first-order chi connectivity index (χ1) is 11.7. The van der Waals surface area contributed by atoms with E-state index in [4.69, 9.17) is 0 Å². The van der Waals surface area contributed by atoms with E-state index in [0.717, 1.165) is 37.2 Å². The first-order valence-electron chi connectivity index (χ1n) is 6.78. The van der Waals surface area contributed by atoms with Crippen molar-refractivity contribution in [3.05, 3.63) is 45.9 Å². The minimum atomic E-state index is -4.52. The summed E-state index contributed by atoms with van der Waals surface area (Å²) < 4.78 is 43.3. The lowest BCUT2D eigenvalue weighted by atomic mass is 10.1. The van der Waals surface area contributed by atoms with Crippen LogP contribution < -0.4 is 5.32 Å². The molecular formula is C15H12F3N3O3S. The van der Waals surface area contributed by atoms with E-state index in [1.54, 1.807) is 6.92 Å². The van der Waals surface area contributed by atoms with Gasteiger partial charge in [0.15, 0.2) is 5.17 Å². The highest BCUT2D eigenvalue weighted by molar-refractivity contribution is 8.18. The highest BCUT2D eigenvalue weighted by Gasteiger charge is 2.32. The zero-order valence-electron chi connectivity index (χ0n) is 13.0. The van der Waals surface area contributed by atoms with Crippen LogP contribution in [-0.2, 0) is 20.5 Å². The average molecular weight is 371 g/mol. The number of nitrogens with zero attached hydrogens (tertiary/aromatic N) is 2. The molecule has 0 aromatic heterocycles. The summed E-state index contributed by atoms with van der Waals surface area (Å²) in [6, 6.07) is 3.64. The predicted octanol–water partition coefficient (Wildman–Crippen LogP) is 2.62. The summed E-state index contributed by atoms with van der Waals surface area (Å²) in [5.41, 5.74) is -0.345. The Bertz CT molecular complexity index is 801. The van der Waals surface area contributed by atoms with Gasteiger partial charge in [0.2, 0.25) is 0 Å². The third-order valence-electron chi connectivity index (χ3n) is 2.96. The fourth-order valence-electron chi connectivity index (χ4n) is 1.83. The number of aryl methyl sites for hydroxylation is 1. The highest BCUT2D eigenvalue weighted by Crippen LogP contribution is 2.31. The van der Waals surface area contributed by atoms with Crippen LogP contribution in [0.2, 0.25) is 0 Å². The van der Waals surface area contributed by atoms with Crippen molar-refractivity contribution < 1.29 is 27.5 Å². The van der Waals surface area contributed by atoms with Gasteiger partial charge < -0.3 is 4.74 Å². The van der Waals surface area contributed by atoms with Crippen LogP contribution >= 0.6 is 11.8 Å². The van der Waals surface area contributed by atoms with E-state index in [-0.39, 0.29) is 15.6 Å². The molecule has 132 valence electrons. The maximum absolute atomic E-state index is 13.0. The van der Waals surface area contributed by atoms with Gasteiger partial charge >= 0.3 is 12.1 Å². The Morgan fingerprint density at radius 3 is 2.72 bits per heavy atom. The number of esters is 1. The third-order valence-corrected chi connectivity index (χ3v) is 3.86. The summed E-state index contributed by atoms with van der Waals surface area (Å²) in [6.07, 6.45) is -2.58. The number of carbonyl (C=O) groups is 2. The Kier molecular flexibility index (Phi) is 5.62. The second-order valence-electron chi connectivity index (χ2n) is 4.83. The van der Waals surface area contributed by atoms with Crippen LogP contribution in [0.4, 0.5) is 13.2 Å². The van der Waals surface area contributed by atoms with Crippen molar-refractivity contribution in [1.29, 1.82) is 0 Å². The monoisotopic (exact) mass is 371 g/mol. The number of halogens is 3. The molecule has 0 radical (unpaired) electrons. The maximum Gasteiger partial charge on any atom is 0.417 e. The molecule has 0 bridgehead atoms. The van der Waals surface area contributed by atoms with Crippen molar-refractivity contribution in [2.24, 2.45) is 10.2 Å². The maximum atomic E-state index is 13.0. The zero-order valence-corrected chi connectivity index (χ0v) is 13.9. The number of hydrogen-bond acceptors (Lipinski definition) is 6. The van der Waals surface area contributed by atoms with Crippen molar-refractivity contribution in [1.82, 2.24) is 5.32 Å². The van der Waals surface area contributed by atoms with Crippen LogP contribution in [0, 0.1) is 6.92 Å². The van der Waals surface area contributed by atoms with E-state index in [0.29, 0.717) is 5.56 Å². The summed E-state index contributed by atoms with van der Waals surface area (Å²) >= 11 is 0.824. The van der Waals surface area contributed by atoms with Gasteiger partial charge in [0.25, 0.3) is 5.91 Å². The minimum Gasteiger partial charge on any atom is -0.466 e. The fraction of sp³-hybridized carbons (Fsp3) is 0.200. The molecule has 10 heteroatoms. The van der Waals surface area contributed by atoms with Gasteiger partial charge in [-0.15, -0.1) is 5.10 Å². The van der Waals surface area contributed by atoms with Gasteiger partial charge in [-0.25, -0.2) is 4.79 Å². The molecule has 0 saturated carbocycles. The van der Waals surface area contributed by atoms with Crippen LogP contribution in [0.15, 0.2) is 39.4 Å². The number of rotatable bonds is 3. The van der Waals surface area contributed by atoms with Crippen LogP contribution in [0.1, 0.15) is 16.7 Å². The van der Waals surface area contributed by atoms with Gasteiger partial charge in [0.05, 0.1) is 23.8 Å². The molecule has 1 saturated heterocycles. The summed E-state index contributed by atoms with van der Waals surface area (Å²) in [5, 5.41) is 9.63. The first-order valence-corrected chi connectivity index (χ1v) is 7.60. The Balaban J connectivity index is 2.20. The molecular weight excluding hydrogens is 359 g/mol. The lowest BCUT2D eigenvalue weighted by molar-refractivity contribution is -0.137. The number of carbonyl (C=O) groups excluding carboxylic acids is 2. The Hall–Kier alpha value is -2.62.